The van der Waals surface area contributed by atoms with E-state index in [0.717, 1.165) is 11.3 Å². The third-order valence-corrected chi connectivity index (χ3v) is 4.01. The minimum Gasteiger partial charge on any atom is -0.448 e. The van der Waals surface area contributed by atoms with Crippen molar-refractivity contribution in [2.75, 3.05) is 11.4 Å². The Kier molecular flexibility index (Phi) is 6.90. The van der Waals surface area contributed by atoms with Crippen LogP contribution in [0.2, 0.25) is 0 Å². The van der Waals surface area contributed by atoms with Crippen LogP contribution >= 0.6 is 0 Å². The molecule has 0 aliphatic carbocycles. The Morgan fingerprint density at radius 3 is 2.33 bits per heavy atom. The summed E-state index contributed by atoms with van der Waals surface area (Å²) < 4.78 is 5.24. The third-order valence-electron chi connectivity index (χ3n) is 4.01. The van der Waals surface area contributed by atoms with Gasteiger partial charge in [0.05, 0.1) is 0 Å². The molecule has 138 valence electrons. The van der Waals surface area contributed by atoms with Crippen molar-refractivity contribution in [3.8, 4) is 6.07 Å². The summed E-state index contributed by atoms with van der Waals surface area (Å²) in [5.41, 5.74) is 2.37. The van der Waals surface area contributed by atoms with Gasteiger partial charge in [-0.05, 0) is 44.5 Å². The lowest BCUT2D eigenvalue weighted by Gasteiger charge is -2.24. The van der Waals surface area contributed by atoms with E-state index in [0.29, 0.717) is 12.1 Å². The standard InChI is InChI=1S/C22H22N2O3/c1-4-24(20-8-6-5-7-9-20)21(25)17(3)27-22(26)19(15-23)14-18-12-10-16(2)11-13-18/h5-14,17H,4H2,1-3H3/b19-14+/t17-/m0/s1. The average molecular weight is 362 g/mol. The molecule has 0 saturated heterocycles. The molecule has 5 nitrogen and oxygen atoms in total. The molecule has 0 radical (unpaired) electrons. The van der Waals surface area contributed by atoms with Gasteiger partial charge in [0.25, 0.3) is 5.91 Å². The lowest BCUT2D eigenvalue weighted by molar-refractivity contribution is -0.149. The highest BCUT2D eigenvalue weighted by molar-refractivity contribution is 6.01. The number of hydrogen-bond donors (Lipinski definition) is 0. The second-order valence-electron chi connectivity index (χ2n) is 6.05. The van der Waals surface area contributed by atoms with E-state index in [1.54, 1.807) is 0 Å². The first-order valence-corrected chi connectivity index (χ1v) is 8.72. The summed E-state index contributed by atoms with van der Waals surface area (Å²) in [6, 6.07) is 18.4. The van der Waals surface area contributed by atoms with Gasteiger partial charge >= 0.3 is 5.97 Å². The molecule has 5 heteroatoms. The Hall–Kier alpha value is -3.39. The van der Waals surface area contributed by atoms with Crippen LogP contribution in [-0.2, 0) is 14.3 Å². The molecule has 27 heavy (non-hydrogen) atoms. The normalized spacial score (nSPS) is 12.0. The Labute approximate surface area is 159 Å². The van der Waals surface area contributed by atoms with Crippen molar-refractivity contribution >= 4 is 23.6 Å². The summed E-state index contributed by atoms with van der Waals surface area (Å²) in [4.78, 5) is 26.5. The molecule has 0 bridgehead atoms. The summed E-state index contributed by atoms with van der Waals surface area (Å²) in [5.74, 6) is -1.16. The van der Waals surface area contributed by atoms with Crippen LogP contribution in [0.3, 0.4) is 0 Å². The van der Waals surface area contributed by atoms with E-state index in [9.17, 15) is 14.9 Å². The molecule has 1 amide bonds. The Morgan fingerprint density at radius 1 is 1.15 bits per heavy atom. The Morgan fingerprint density at radius 2 is 1.78 bits per heavy atom. The Balaban J connectivity index is 2.11. The van der Waals surface area contributed by atoms with Crippen molar-refractivity contribution in [1.82, 2.24) is 0 Å². The van der Waals surface area contributed by atoms with Crippen LogP contribution in [0.4, 0.5) is 5.69 Å². The second kappa shape index (κ2) is 9.35. The first-order chi connectivity index (χ1) is 13.0. The van der Waals surface area contributed by atoms with Crippen LogP contribution in [0, 0.1) is 18.3 Å². The number of anilines is 1. The molecule has 0 saturated carbocycles. The van der Waals surface area contributed by atoms with E-state index in [1.165, 1.54) is 17.9 Å². The van der Waals surface area contributed by atoms with Crippen molar-refractivity contribution in [2.24, 2.45) is 0 Å². The SMILES string of the molecule is CCN(C(=O)[C@H](C)OC(=O)/C(C#N)=C/c1ccc(C)cc1)c1ccccc1. The van der Waals surface area contributed by atoms with E-state index in [4.69, 9.17) is 4.74 Å². The minimum absolute atomic E-state index is 0.152. The summed E-state index contributed by atoms with van der Waals surface area (Å²) in [7, 11) is 0. The molecule has 0 aliphatic rings. The van der Waals surface area contributed by atoms with Crippen LogP contribution in [0.5, 0.6) is 0 Å². The van der Waals surface area contributed by atoms with E-state index in [1.807, 2.05) is 74.5 Å². The predicted molar refractivity (Wildman–Crippen MR) is 105 cm³/mol. The van der Waals surface area contributed by atoms with E-state index >= 15 is 0 Å². The molecule has 0 N–H and O–H groups in total. The number of esters is 1. The molecule has 0 heterocycles. The summed E-state index contributed by atoms with van der Waals surface area (Å²) in [6.07, 6.45) is 0.445. The van der Waals surface area contributed by atoms with Crippen molar-refractivity contribution in [1.29, 1.82) is 5.26 Å². The number of nitrogens with zero attached hydrogens (tertiary/aromatic N) is 2. The minimum atomic E-state index is -1.01. The van der Waals surface area contributed by atoms with Crippen molar-refractivity contribution in [3.05, 3.63) is 71.3 Å². The van der Waals surface area contributed by atoms with Crippen molar-refractivity contribution < 1.29 is 14.3 Å². The number of hydrogen-bond acceptors (Lipinski definition) is 4. The number of carbonyl (C=O) groups excluding carboxylic acids is 2. The smallest absolute Gasteiger partial charge is 0.349 e. The van der Waals surface area contributed by atoms with Crippen LogP contribution in [0.15, 0.2) is 60.2 Å². The van der Waals surface area contributed by atoms with Gasteiger partial charge < -0.3 is 9.64 Å². The van der Waals surface area contributed by atoms with E-state index in [2.05, 4.69) is 0 Å². The number of rotatable bonds is 6. The molecule has 0 aromatic heterocycles. The average Bonchev–Trinajstić information content (AvgIpc) is 2.68. The zero-order valence-electron chi connectivity index (χ0n) is 15.7. The van der Waals surface area contributed by atoms with Gasteiger partial charge in [0, 0.05) is 12.2 Å². The highest BCUT2D eigenvalue weighted by Gasteiger charge is 2.25. The van der Waals surface area contributed by atoms with E-state index in [-0.39, 0.29) is 11.5 Å². The maximum absolute atomic E-state index is 12.7. The Bertz CT molecular complexity index is 865. The van der Waals surface area contributed by atoms with Gasteiger partial charge in [-0.15, -0.1) is 0 Å². The third kappa shape index (κ3) is 5.29. The number of nitriles is 1. The molecule has 2 aromatic rings. The van der Waals surface area contributed by atoms with Crippen molar-refractivity contribution in [3.63, 3.8) is 0 Å². The number of amides is 1. The molecule has 0 unspecified atom stereocenters. The largest absolute Gasteiger partial charge is 0.448 e. The molecule has 0 spiro atoms. The molecule has 1 atom stereocenters. The predicted octanol–water partition coefficient (Wildman–Crippen LogP) is 3.89. The molecular formula is C22H22N2O3. The zero-order chi connectivity index (χ0) is 19.8. The fourth-order valence-corrected chi connectivity index (χ4v) is 2.53. The van der Waals surface area contributed by atoms with Gasteiger partial charge in [-0.3, -0.25) is 4.79 Å². The van der Waals surface area contributed by atoms with Gasteiger partial charge in [-0.2, -0.15) is 5.26 Å². The fraction of sp³-hybridized carbons (Fsp3) is 0.227. The quantitative estimate of drug-likeness (QED) is 0.444. The van der Waals surface area contributed by atoms with Crippen LogP contribution in [0.1, 0.15) is 25.0 Å². The van der Waals surface area contributed by atoms with Crippen LogP contribution < -0.4 is 4.90 Å². The highest BCUT2D eigenvalue weighted by Crippen LogP contribution is 2.16. The number of carbonyl (C=O) groups is 2. The highest BCUT2D eigenvalue weighted by atomic mass is 16.5. The summed E-state index contributed by atoms with van der Waals surface area (Å²) in [5, 5.41) is 9.28. The van der Waals surface area contributed by atoms with Gasteiger partial charge in [0.15, 0.2) is 6.10 Å². The molecule has 0 fully saturated rings. The topological polar surface area (TPSA) is 70.4 Å². The monoisotopic (exact) mass is 362 g/mol. The van der Waals surface area contributed by atoms with Crippen LogP contribution in [-0.4, -0.2) is 24.5 Å². The molecule has 2 aromatic carbocycles. The first kappa shape index (κ1) is 19.9. The maximum Gasteiger partial charge on any atom is 0.349 e. The second-order valence-corrected chi connectivity index (χ2v) is 6.05. The summed E-state index contributed by atoms with van der Waals surface area (Å²) >= 11 is 0. The molecule has 0 aliphatic heterocycles. The zero-order valence-corrected chi connectivity index (χ0v) is 15.7. The maximum atomic E-state index is 12.7. The van der Waals surface area contributed by atoms with E-state index < -0.39 is 12.1 Å². The lowest BCUT2D eigenvalue weighted by Crippen LogP contribution is -2.40. The number of benzene rings is 2. The first-order valence-electron chi connectivity index (χ1n) is 8.72. The number of ether oxygens (including phenoxy) is 1. The summed E-state index contributed by atoms with van der Waals surface area (Å²) in [6.45, 7) is 5.74. The fourth-order valence-electron chi connectivity index (χ4n) is 2.53. The molecular weight excluding hydrogens is 340 g/mol. The van der Waals surface area contributed by atoms with Gasteiger partial charge in [-0.25, -0.2) is 4.79 Å². The number of likely N-dealkylation sites (N-methyl/N-ethyl adjacent to an activating group) is 1. The van der Waals surface area contributed by atoms with Crippen molar-refractivity contribution in [2.45, 2.75) is 26.9 Å². The number of aryl methyl sites for hydroxylation is 1. The molecule has 2 rings (SSSR count). The van der Waals surface area contributed by atoms with Gasteiger partial charge in [0.1, 0.15) is 11.6 Å². The van der Waals surface area contributed by atoms with Gasteiger partial charge in [0.2, 0.25) is 0 Å². The van der Waals surface area contributed by atoms with Gasteiger partial charge in [-0.1, -0.05) is 48.0 Å². The number of para-hydroxylation sites is 1. The lowest BCUT2D eigenvalue weighted by atomic mass is 10.1. The van der Waals surface area contributed by atoms with Crippen LogP contribution in [0.25, 0.3) is 6.08 Å².